The number of rotatable bonds is 5. The van der Waals surface area contributed by atoms with Crippen molar-refractivity contribution in [2.45, 2.75) is 38.3 Å². The fraction of sp³-hybridized carbons (Fsp3) is 0.318. The summed E-state index contributed by atoms with van der Waals surface area (Å²) in [6.07, 6.45) is 3.28. The highest BCUT2D eigenvalue weighted by atomic mass is 16.5. The first-order chi connectivity index (χ1) is 13.7. The van der Waals surface area contributed by atoms with Crippen molar-refractivity contribution >= 4 is 5.91 Å². The zero-order valence-electron chi connectivity index (χ0n) is 16.0. The number of nitrogens with one attached hydrogen (secondary N) is 1. The predicted octanol–water partition coefficient (Wildman–Crippen LogP) is 3.01. The smallest absolute Gasteiger partial charge is 0.255 e. The molecule has 2 aromatic carbocycles. The summed E-state index contributed by atoms with van der Waals surface area (Å²) in [6, 6.07) is 17.7. The first kappa shape index (κ1) is 18.2. The van der Waals surface area contributed by atoms with Crippen molar-refractivity contribution in [2.24, 2.45) is 0 Å². The van der Waals surface area contributed by atoms with E-state index < -0.39 is 0 Å². The number of fused-ring (bicyclic) bond motifs is 1. The third-order valence-electron chi connectivity index (χ3n) is 5.21. The summed E-state index contributed by atoms with van der Waals surface area (Å²) in [5.74, 6) is 2.48. The van der Waals surface area contributed by atoms with E-state index in [1.54, 1.807) is 19.2 Å². The van der Waals surface area contributed by atoms with Gasteiger partial charge in [-0.25, -0.2) is 0 Å². The fourth-order valence-electron chi connectivity index (χ4n) is 3.70. The molecule has 0 saturated heterocycles. The van der Waals surface area contributed by atoms with Gasteiger partial charge in [0.05, 0.1) is 12.7 Å². The van der Waals surface area contributed by atoms with Crippen LogP contribution in [0.2, 0.25) is 0 Å². The average Bonchev–Trinajstić information content (AvgIpc) is 3.00. The lowest BCUT2D eigenvalue weighted by Crippen LogP contribution is -2.35. The van der Waals surface area contributed by atoms with Gasteiger partial charge in [0, 0.05) is 25.4 Å². The van der Waals surface area contributed by atoms with Crippen LogP contribution in [0.1, 0.15) is 40.4 Å². The maximum absolute atomic E-state index is 12.7. The molecule has 2 heterocycles. The van der Waals surface area contributed by atoms with Gasteiger partial charge in [-0.15, -0.1) is 10.2 Å². The first-order valence-corrected chi connectivity index (χ1v) is 9.63. The number of aromatic nitrogens is 3. The van der Waals surface area contributed by atoms with Crippen LogP contribution in [0.3, 0.4) is 0 Å². The molecule has 0 radical (unpaired) electrons. The molecule has 1 atom stereocenters. The van der Waals surface area contributed by atoms with Crippen LogP contribution < -0.4 is 10.1 Å². The molecular formula is C22H24N4O2. The molecule has 1 aliphatic heterocycles. The van der Waals surface area contributed by atoms with E-state index in [0.717, 1.165) is 43.9 Å². The molecule has 6 heteroatoms. The Labute approximate surface area is 164 Å². The van der Waals surface area contributed by atoms with Crippen LogP contribution >= 0.6 is 0 Å². The van der Waals surface area contributed by atoms with Crippen LogP contribution in [0.5, 0.6) is 5.75 Å². The Morgan fingerprint density at radius 1 is 1.11 bits per heavy atom. The third kappa shape index (κ3) is 3.91. The van der Waals surface area contributed by atoms with Gasteiger partial charge in [0.15, 0.2) is 0 Å². The lowest BCUT2D eigenvalue weighted by Gasteiger charge is -2.17. The van der Waals surface area contributed by atoms with Crippen LogP contribution in [0.4, 0.5) is 0 Å². The molecule has 0 fully saturated rings. The highest BCUT2D eigenvalue weighted by Crippen LogP contribution is 2.20. The second-order valence-corrected chi connectivity index (χ2v) is 7.04. The first-order valence-electron chi connectivity index (χ1n) is 9.63. The number of aryl methyl sites for hydroxylation is 1. The third-order valence-corrected chi connectivity index (χ3v) is 5.21. The van der Waals surface area contributed by atoms with Gasteiger partial charge in [0.25, 0.3) is 5.91 Å². The number of carbonyl (C=O) groups is 1. The molecule has 0 saturated carbocycles. The van der Waals surface area contributed by atoms with E-state index in [9.17, 15) is 4.79 Å². The van der Waals surface area contributed by atoms with Gasteiger partial charge in [0.1, 0.15) is 17.4 Å². The highest BCUT2D eigenvalue weighted by Gasteiger charge is 2.22. The van der Waals surface area contributed by atoms with Crippen molar-refractivity contribution in [3.63, 3.8) is 0 Å². The Balaban J connectivity index is 1.43. The molecule has 1 aliphatic rings. The molecule has 28 heavy (non-hydrogen) atoms. The summed E-state index contributed by atoms with van der Waals surface area (Å²) in [7, 11) is 1.58. The van der Waals surface area contributed by atoms with Gasteiger partial charge in [-0.2, -0.15) is 0 Å². The number of nitrogens with zero attached hydrogens (tertiary/aromatic N) is 3. The van der Waals surface area contributed by atoms with Gasteiger partial charge in [-0.1, -0.05) is 42.5 Å². The molecule has 1 amide bonds. The lowest BCUT2D eigenvalue weighted by molar-refractivity contribution is 0.0930. The summed E-state index contributed by atoms with van der Waals surface area (Å²) >= 11 is 0. The van der Waals surface area contributed by atoms with Crippen molar-refractivity contribution in [2.75, 3.05) is 7.11 Å². The standard InChI is InChI=1S/C22H24N4O2/c1-28-19-10-6-5-9-18(19)22(27)23-17-11-12-20-24-25-21(26(20)14-13-17)15-16-7-3-2-4-8-16/h2-10,17H,11-15H2,1H3,(H,23,27). The zero-order chi connectivity index (χ0) is 19.3. The Kier molecular flexibility index (Phi) is 5.37. The topological polar surface area (TPSA) is 69.0 Å². The number of amides is 1. The van der Waals surface area contributed by atoms with Crippen LogP contribution in [0, 0.1) is 0 Å². The molecule has 1 unspecified atom stereocenters. The van der Waals surface area contributed by atoms with Crippen LogP contribution in [0.15, 0.2) is 54.6 Å². The summed E-state index contributed by atoms with van der Waals surface area (Å²) in [5.41, 5.74) is 1.79. The minimum absolute atomic E-state index is 0.0929. The van der Waals surface area contributed by atoms with Gasteiger partial charge >= 0.3 is 0 Å². The number of methoxy groups -OCH3 is 1. The van der Waals surface area contributed by atoms with Crippen molar-refractivity contribution in [1.82, 2.24) is 20.1 Å². The maximum Gasteiger partial charge on any atom is 0.255 e. The molecule has 144 valence electrons. The van der Waals surface area contributed by atoms with Gasteiger partial charge < -0.3 is 14.6 Å². The minimum atomic E-state index is -0.0929. The number of benzene rings is 2. The number of hydrogen-bond acceptors (Lipinski definition) is 4. The van der Waals surface area contributed by atoms with E-state index in [4.69, 9.17) is 4.74 Å². The van der Waals surface area contributed by atoms with Crippen LogP contribution in [-0.2, 0) is 19.4 Å². The molecule has 4 rings (SSSR count). The van der Waals surface area contributed by atoms with Gasteiger partial charge in [-0.3, -0.25) is 4.79 Å². The van der Waals surface area contributed by atoms with Gasteiger partial charge in [-0.05, 0) is 30.5 Å². The number of para-hydroxylation sites is 1. The Morgan fingerprint density at radius 3 is 2.71 bits per heavy atom. The Morgan fingerprint density at radius 2 is 1.89 bits per heavy atom. The number of ether oxygens (including phenoxy) is 1. The fourth-order valence-corrected chi connectivity index (χ4v) is 3.70. The summed E-state index contributed by atoms with van der Waals surface area (Å²) in [6.45, 7) is 0.807. The molecule has 6 nitrogen and oxygen atoms in total. The molecule has 0 bridgehead atoms. The van der Waals surface area contributed by atoms with Crippen molar-refractivity contribution in [1.29, 1.82) is 0 Å². The second kappa shape index (κ2) is 8.25. The number of hydrogen-bond donors (Lipinski definition) is 1. The second-order valence-electron chi connectivity index (χ2n) is 7.04. The number of carbonyl (C=O) groups excluding carboxylic acids is 1. The Bertz CT molecular complexity index is 952. The quantitative estimate of drug-likeness (QED) is 0.743. The van der Waals surface area contributed by atoms with E-state index >= 15 is 0 Å². The predicted molar refractivity (Wildman–Crippen MR) is 106 cm³/mol. The van der Waals surface area contributed by atoms with Crippen LogP contribution in [0.25, 0.3) is 0 Å². The normalized spacial score (nSPS) is 16.1. The van der Waals surface area contributed by atoms with E-state index in [-0.39, 0.29) is 11.9 Å². The summed E-state index contributed by atoms with van der Waals surface area (Å²) in [4.78, 5) is 12.7. The van der Waals surface area contributed by atoms with E-state index in [0.29, 0.717) is 11.3 Å². The molecule has 0 spiro atoms. The molecule has 1 aromatic heterocycles. The molecular weight excluding hydrogens is 352 g/mol. The van der Waals surface area contributed by atoms with E-state index in [2.05, 4.69) is 32.2 Å². The largest absolute Gasteiger partial charge is 0.496 e. The SMILES string of the molecule is COc1ccccc1C(=O)NC1CCc2nnc(Cc3ccccc3)n2CC1. The summed E-state index contributed by atoms with van der Waals surface area (Å²) < 4.78 is 7.52. The van der Waals surface area contributed by atoms with Crippen molar-refractivity contribution < 1.29 is 9.53 Å². The average molecular weight is 376 g/mol. The van der Waals surface area contributed by atoms with Gasteiger partial charge in [0.2, 0.25) is 0 Å². The molecule has 1 N–H and O–H groups in total. The van der Waals surface area contributed by atoms with Crippen LogP contribution in [-0.4, -0.2) is 33.8 Å². The highest BCUT2D eigenvalue weighted by molar-refractivity contribution is 5.97. The van der Waals surface area contributed by atoms with Crippen molar-refractivity contribution in [3.05, 3.63) is 77.4 Å². The molecule has 3 aromatic rings. The maximum atomic E-state index is 12.7. The summed E-state index contributed by atoms with van der Waals surface area (Å²) in [5, 5.41) is 12.0. The monoisotopic (exact) mass is 376 g/mol. The molecule has 0 aliphatic carbocycles. The zero-order valence-corrected chi connectivity index (χ0v) is 16.0. The van der Waals surface area contributed by atoms with E-state index in [1.165, 1.54) is 5.56 Å². The minimum Gasteiger partial charge on any atom is -0.496 e. The lowest BCUT2D eigenvalue weighted by atomic mass is 10.1. The van der Waals surface area contributed by atoms with E-state index in [1.807, 2.05) is 30.3 Å². The Hall–Kier alpha value is -3.15. The van der Waals surface area contributed by atoms with Crippen molar-refractivity contribution in [3.8, 4) is 5.75 Å².